The number of nitrogens with zero attached hydrogens (tertiary/aromatic N) is 2. The van der Waals surface area contributed by atoms with Gasteiger partial charge in [-0.05, 0) is 27.9 Å². The van der Waals surface area contributed by atoms with Crippen molar-refractivity contribution >= 4 is 21.9 Å². The number of aryl methyl sites for hydroxylation is 2. The van der Waals surface area contributed by atoms with Gasteiger partial charge in [0.25, 0.3) is 0 Å². The number of hydrogen-bond donors (Lipinski definition) is 1. The molecule has 0 radical (unpaired) electrons. The summed E-state index contributed by atoms with van der Waals surface area (Å²) in [6.07, 6.45) is 3.74. The Morgan fingerprint density at radius 1 is 1.44 bits per heavy atom. The fourth-order valence-corrected chi connectivity index (χ4v) is 2.40. The first-order chi connectivity index (χ1) is 7.78. The van der Waals surface area contributed by atoms with E-state index in [2.05, 4.69) is 31.2 Å². The van der Waals surface area contributed by atoms with Gasteiger partial charge >= 0.3 is 0 Å². The summed E-state index contributed by atoms with van der Waals surface area (Å²) >= 11 is 3.35. The minimum absolute atomic E-state index is 0.643. The second-order valence-corrected chi connectivity index (χ2v) is 4.49. The van der Waals surface area contributed by atoms with Crippen LogP contribution in [0.3, 0.4) is 0 Å². The summed E-state index contributed by atoms with van der Waals surface area (Å²) < 4.78 is 6.33. The van der Waals surface area contributed by atoms with Crippen molar-refractivity contribution < 1.29 is 4.42 Å². The molecule has 0 amide bonds. The fourth-order valence-electron chi connectivity index (χ4n) is 1.97. The van der Waals surface area contributed by atoms with Crippen molar-refractivity contribution in [3.05, 3.63) is 28.3 Å². The highest BCUT2D eigenvalue weighted by Gasteiger charge is 2.22. The van der Waals surface area contributed by atoms with Crippen molar-refractivity contribution in [1.82, 2.24) is 9.97 Å². The Bertz CT molecular complexity index is 550. The predicted octanol–water partition coefficient (Wildman–Crippen LogP) is 2.64. The molecule has 0 unspecified atom stereocenters. The Labute approximate surface area is 101 Å². The van der Waals surface area contributed by atoms with Crippen molar-refractivity contribution in [3.63, 3.8) is 0 Å². The topological polar surface area (TPSA) is 51.0 Å². The quantitative estimate of drug-likeness (QED) is 0.872. The molecule has 0 atom stereocenters. The van der Waals surface area contributed by atoms with Crippen LogP contribution < -0.4 is 5.32 Å². The summed E-state index contributed by atoms with van der Waals surface area (Å²) in [6.45, 7) is 0. The molecule has 4 nitrogen and oxygen atoms in total. The summed E-state index contributed by atoms with van der Waals surface area (Å²) in [5.74, 6) is 1.64. The molecule has 16 heavy (non-hydrogen) atoms. The zero-order valence-electron chi connectivity index (χ0n) is 8.75. The number of anilines is 1. The van der Waals surface area contributed by atoms with Crippen LogP contribution in [0.2, 0.25) is 0 Å². The van der Waals surface area contributed by atoms with Crippen LogP contribution in [0.25, 0.3) is 11.3 Å². The summed E-state index contributed by atoms with van der Waals surface area (Å²) in [7, 11) is 1.82. The SMILES string of the molecule is CNc1ncc2c(n1)-c1cc(Br)oc1CC2. The van der Waals surface area contributed by atoms with Crippen molar-refractivity contribution in [2.75, 3.05) is 12.4 Å². The van der Waals surface area contributed by atoms with E-state index in [0.717, 1.165) is 34.5 Å². The Hall–Kier alpha value is -1.36. The first-order valence-electron chi connectivity index (χ1n) is 5.10. The number of aromatic nitrogens is 2. The number of furan rings is 1. The van der Waals surface area contributed by atoms with Crippen LogP contribution in [0.1, 0.15) is 11.3 Å². The van der Waals surface area contributed by atoms with Gasteiger partial charge in [-0.3, -0.25) is 0 Å². The van der Waals surface area contributed by atoms with Crippen LogP contribution in [0.15, 0.2) is 21.3 Å². The highest BCUT2D eigenvalue weighted by atomic mass is 79.9. The number of fused-ring (bicyclic) bond motifs is 3. The first kappa shape index (κ1) is 9.84. The largest absolute Gasteiger partial charge is 0.454 e. The number of hydrogen-bond acceptors (Lipinski definition) is 4. The van der Waals surface area contributed by atoms with E-state index in [1.54, 1.807) is 0 Å². The monoisotopic (exact) mass is 279 g/mol. The van der Waals surface area contributed by atoms with Gasteiger partial charge in [-0.25, -0.2) is 9.97 Å². The van der Waals surface area contributed by atoms with Gasteiger partial charge in [-0.15, -0.1) is 0 Å². The van der Waals surface area contributed by atoms with Gasteiger partial charge in [0, 0.05) is 31.3 Å². The van der Waals surface area contributed by atoms with E-state index in [4.69, 9.17) is 4.42 Å². The van der Waals surface area contributed by atoms with E-state index in [9.17, 15) is 0 Å². The highest BCUT2D eigenvalue weighted by Crippen LogP contribution is 2.35. The van der Waals surface area contributed by atoms with Gasteiger partial charge in [0.15, 0.2) is 4.67 Å². The molecule has 0 aliphatic heterocycles. The molecule has 2 aromatic heterocycles. The van der Waals surface area contributed by atoms with E-state index in [1.807, 2.05) is 19.3 Å². The molecule has 0 bridgehead atoms. The zero-order chi connectivity index (χ0) is 11.1. The van der Waals surface area contributed by atoms with Crippen molar-refractivity contribution in [3.8, 4) is 11.3 Å². The third-order valence-electron chi connectivity index (χ3n) is 2.74. The standard InChI is InChI=1S/C11H10BrN3O/c1-13-11-14-5-6-2-3-8-7(10(6)15-11)4-9(12)16-8/h4-5H,2-3H2,1H3,(H,13,14,15). The van der Waals surface area contributed by atoms with Crippen LogP contribution in [0.4, 0.5) is 5.95 Å². The minimum atomic E-state index is 0.643. The zero-order valence-corrected chi connectivity index (χ0v) is 10.3. The molecular formula is C11H10BrN3O. The second-order valence-electron chi connectivity index (χ2n) is 3.70. The fraction of sp³-hybridized carbons (Fsp3) is 0.273. The predicted molar refractivity (Wildman–Crippen MR) is 64.4 cm³/mol. The molecule has 5 heteroatoms. The Morgan fingerprint density at radius 3 is 3.12 bits per heavy atom. The molecule has 0 spiro atoms. The van der Waals surface area contributed by atoms with E-state index in [0.29, 0.717) is 5.95 Å². The maximum Gasteiger partial charge on any atom is 0.222 e. The van der Waals surface area contributed by atoms with Crippen LogP contribution in [-0.2, 0) is 12.8 Å². The molecule has 2 heterocycles. The van der Waals surface area contributed by atoms with Crippen molar-refractivity contribution in [2.45, 2.75) is 12.8 Å². The molecule has 3 rings (SSSR count). The molecule has 1 aliphatic rings. The molecule has 0 saturated heterocycles. The molecular weight excluding hydrogens is 270 g/mol. The third kappa shape index (κ3) is 1.43. The Kier molecular flexibility index (Phi) is 2.21. The van der Waals surface area contributed by atoms with Crippen LogP contribution in [0, 0.1) is 0 Å². The van der Waals surface area contributed by atoms with Gasteiger partial charge in [0.2, 0.25) is 5.95 Å². The van der Waals surface area contributed by atoms with E-state index < -0.39 is 0 Å². The average Bonchev–Trinajstić information content (AvgIpc) is 2.69. The van der Waals surface area contributed by atoms with Gasteiger partial charge < -0.3 is 9.73 Å². The highest BCUT2D eigenvalue weighted by molar-refractivity contribution is 9.10. The Balaban J connectivity index is 2.21. The molecule has 82 valence electrons. The lowest BCUT2D eigenvalue weighted by Crippen LogP contribution is -2.07. The smallest absolute Gasteiger partial charge is 0.222 e. The van der Waals surface area contributed by atoms with E-state index in [-0.39, 0.29) is 0 Å². The van der Waals surface area contributed by atoms with Crippen molar-refractivity contribution in [1.29, 1.82) is 0 Å². The third-order valence-corrected chi connectivity index (χ3v) is 3.13. The van der Waals surface area contributed by atoms with Gasteiger partial charge in [-0.2, -0.15) is 0 Å². The molecule has 1 N–H and O–H groups in total. The lowest BCUT2D eigenvalue weighted by Gasteiger charge is -2.14. The van der Waals surface area contributed by atoms with Crippen molar-refractivity contribution in [2.24, 2.45) is 0 Å². The molecule has 2 aromatic rings. The Morgan fingerprint density at radius 2 is 2.31 bits per heavy atom. The summed E-state index contributed by atoms with van der Waals surface area (Å²) in [5, 5.41) is 2.95. The lowest BCUT2D eigenvalue weighted by atomic mass is 9.96. The summed E-state index contributed by atoms with van der Waals surface area (Å²) in [5.41, 5.74) is 3.24. The number of halogens is 1. The maximum absolute atomic E-state index is 5.57. The average molecular weight is 280 g/mol. The normalized spacial score (nSPS) is 13.1. The van der Waals surface area contributed by atoms with Gasteiger partial charge in [0.1, 0.15) is 5.76 Å². The van der Waals surface area contributed by atoms with Gasteiger partial charge in [0.05, 0.1) is 5.69 Å². The van der Waals surface area contributed by atoms with E-state index >= 15 is 0 Å². The minimum Gasteiger partial charge on any atom is -0.454 e. The van der Waals surface area contributed by atoms with Crippen LogP contribution in [-0.4, -0.2) is 17.0 Å². The summed E-state index contributed by atoms with van der Waals surface area (Å²) in [4.78, 5) is 8.71. The molecule has 0 saturated carbocycles. The second kappa shape index (κ2) is 3.59. The van der Waals surface area contributed by atoms with Gasteiger partial charge in [-0.1, -0.05) is 0 Å². The van der Waals surface area contributed by atoms with Crippen LogP contribution in [0.5, 0.6) is 0 Å². The van der Waals surface area contributed by atoms with E-state index in [1.165, 1.54) is 5.56 Å². The first-order valence-corrected chi connectivity index (χ1v) is 5.89. The molecule has 1 aliphatic carbocycles. The number of nitrogens with one attached hydrogen (secondary N) is 1. The molecule has 0 fully saturated rings. The molecule has 0 aromatic carbocycles. The number of rotatable bonds is 1. The maximum atomic E-state index is 5.57. The lowest BCUT2D eigenvalue weighted by molar-refractivity contribution is 0.485. The van der Waals surface area contributed by atoms with Crippen LogP contribution >= 0.6 is 15.9 Å². The summed E-state index contributed by atoms with van der Waals surface area (Å²) in [6, 6.07) is 1.97.